The van der Waals surface area contributed by atoms with E-state index in [4.69, 9.17) is 16.9 Å². The van der Waals surface area contributed by atoms with Crippen LogP contribution in [0.25, 0.3) is 0 Å². The van der Waals surface area contributed by atoms with Gasteiger partial charge < -0.3 is 10.5 Å². The van der Waals surface area contributed by atoms with Gasteiger partial charge in [0.15, 0.2) is 0 Å². The quantitative estimate of drug-likeness (QED) is 0.416. The summed E-state index contributed by atoms with van der Waals surface area (Å²) in [4.78, 5) is 0. The first-order chi connectivity index (χ1) is 5.83. The number of ether oxygens (including phenoxy) is 1. The van der Waals surface area contributed by atoms with E-state index in [1.807, 2.05) is 12.1 Å². The summed E-state index contributed by atoms with van der Waals surface area (Å²) in [5.74, 6) is 3.30. The Morgan fingerprint density at radius 2 is 2.00 bits per heavy atom. The zero-order valence-electron chi connectivity index (χ0n) is 6.79. The smallest absolute Gasteiger partial charge is 0.119 e. The van der Waals surface area contributed by atoms with Crippen molar-refractivity contribution >= 4 is 5.69 Å². The first-order valence-electron chi connectivity index (χ1n) is 3.75. The van der Waals surface area contributed by atoms with E-state index in [9.17, 15) is 0 Å². The number of nitrogen functional groups attached to an aromatic ring is 1. The molecule has 2 N–H and O–H groups in total. The van der Waals surface area contributed by atoms with Crippen LogP contribution in [0.4, 0.5) is 5.69 Å². The number of terminal acetylenes is 1. The molecule has 0 saturated carbocycles. The lowest BCUT2D eigenvalue weighted by Crippen LogP contribution is -1.95. The van der Waals surface area contributed by atoms with Gasteiger partial charge in [0.2, 0.25) is 0 Å². The highest BCUT2D eigenvalue weighted by Crippen LogP contribution is 2.12. The number of nitrogens with two attached hydrogens (primary N) is 1. The van der Waals surface area contributed by atoms with E-state index in [-0.39, 0.29) is 0 Å². The maximum Gasteiger partial charge on any atom is 0.119 e. The van der Waals surface area contributed by atoms with Crippen molar-refractivity contribution in [2.24, 2.45) is 0 Å². The summed E-state index contributed by atoms with van der Waals surface area (Å²) >= 11 is 0. The Morgan fingerprint density at radius 1 is 1.33 bits per heavy atom. The minimum absolute atomic E-state index is 0.556. The standard InChI is InChI=1S/C10H11NO/c1-2-3-8-12-10-6-4-9(11)5-7-10/h1,4-7H,3,8,11H2. The van der Waals surface area contributed by atoms with Crippen LogP contribution in [0.3, 0.4) is 0 Å². The molecule has 0 atom stereocenters. The van der Waals surface area contributed by atoms with Gasteiger partial charge in [-0.25, -0.2) is 0 Å². The Balaban J connectivity index is 2.43. The van der Waals surface area contributed by atoms with Crippen molar-refractivity contribution in [2.45, 2.75) is 6.42 Å². The molecule has 0 aliphatic carbocycles. The molecule has 0 fully saturated rings. The maximum atomic E-state index is 5.49. The zero-order valence-corrected chi connectivity index (χ0v) is 6.79. The van der Waals surface area contributed by atoms with Gasteiger partial charge in [0.25, 0.3) is 0 Å². The van der Waals surface area contributed by atoms with Crippen molar-refractivity contribution in [3.05, 3.63) is 24.3 Å². The van der Waals surface area contributed by atoms with Crippen molar-refractivity contribution in [2.75, 3.05) is 12.3 Å². The molecule has 1 rings (SSSR count). The Labute approximate surface area is 72.3 Å². The maximum absolute atomic E-state index is 5.49. The Bertz CT molecular complexity index is 271. The predicted molar refractivity (Wildman–Crippen MR) is 49.8 cm³/mol. The molecule has 0 amide bonds. The van der Waals surface area contributed by atoms with Gasteiger partial charge in [0.1, 0.15) is 5.75 Å². The highest BCUT2D eigenvalue weighted by molar-refractivity contribution is 5.41. The fraction of sp³-hybridized carbons (Fsp3) is 0.200. The van der Waals surface area contributed by atoms with Crippen molar-refractivity contribution in [1.82, 2.24) is 0 Å². The summed E-state index contributed by atoms with van der Waals surface area (Å²) in [5, 5.41) is 0. The van der Waals surface area contributed by atoms with Crippen LogP contribution in [0.15, 0.2) is 24.3 Å². The molecule has 0 bridgehead atoms. The SMILES string of the molecule is C#CCCOc1ccc(N)cc1. The van der Waals surface area contributed by atoms with Crippen LogP contribution in [0, 0.1) is 12.3 Å². The van der Waals surface area contributed by atoms with Gasteiger partial charge in [-0.1, -0.05) is 0 Å². The minimum Gasteiger partial charge on any atom is -0.493 e. The summed E-state index contributed by atoms with van der Waals surface area (Å²) in [5.41, 5.74) is 6.23. The summed E-state index contributed by atoms with van der Waals surface area (Å²) in [6, 6.07) is 7.24. The largest absolute Gasteiger partial charge is 0.493 e. The van der Waals surface area contributed by atoms with E-state index in [2.05, 4.69) is 5.92 Å². The summed E-state index contributed by atoms with van der Waals surface area (Å²) in [6.07, 6.45) is 5.70. The Hall–Kier alpha value is -1.62. The van der Waals surface area contributed by atoms with Gasteiger partial charge in [-0.05, 0) is 24.3 Å². The van der Waals surface area contributed by atoms with Crippen molar-refractivity contribution < 1.29 is 4.74 Å². The van der Waals surface area contributed by atoms with Crippen LogP contribution < -0.4 is 10.5 Å². The normalized spacial score (nSPS) is 8.92. The van der Waals surface area contributed by atoms with Gasteiger partial charge in [0.05, 0.1) is 6.61 Å². The molecular weight excluding hydrogens is 150 g/mol. The van der Waals surface area contributed by atoms with Crippen LogP contribution in [0.1, 0.15) is 6.42 Å². The van der Waals surface area contributed by atoms with Crippen LogP contribution in [-0.4, -0.2) is 6.61 Å². The third-order valence-corrected chi connectivity index (χ3v) is 1.40. The Morgan fingerprint density at radius 3 is 2.58 bits per heavy atom. The van der Waals surface area contributed by atoms with Gasteiger partial charge in [-0.2, -0.15) is 0 Å². The van der Waals surface area contributed by atoms with Crippen molar-refractivity contribution in [3.8, 4) is 18.1 Å². The molecular formula is C10H11NO. The summed E-state index contributed by atoms with van der Waals surface area (Å²) in [7, 11) is 0. The minimum atomic E-state index is 0.556. The number of rotatable bonds is 3. The van der Waals surface area contributed by atoms with E-state index in [0.29, 0.717) is 13.0 Å². The second-order valence-electron chi connectivity index (χ2n) is 2.37. The van der Waals surface area contributed by atoms with Crippen molar-refractivity contribution in [3.63, 3.8) is 0 Å². The van der Waals surface area contributed by atoms with Gasteiger partial charge in [-0.3, -0.25) is 0 Å². The highest BCUT2D eigenvalue weighted by atomic mass is 16.5. The molecule has 0 aromatic heterocycles. The van der Waals surface area contributed by atoms with Crippen LogP contribution >= 0.6 is 0 Å². The molecule has 2 heteroatoms. The van der Waals surface area contributed by atoms with Crippen molar-refractivity contribution in [1.29, 1.82) is 0 Å². The van der Waals surface area contributed by atoms with Crippen LogP contribution in [0.5, 0.6) is 5.75 Å². The van der Waals surface area contributed by atoms with E-state index in [0.717, 1.165) is 11.4 Å². The third-order valence-electron chi connectivity index (χ3n) is 1.40. The van der Waals surface area contributed by atoms with Crippen LogP contribution in [-0.2, 0) is 0 Å². The van der Waals surface area contributed by atoms with Gasteiger partial charge in [-0.15, -0.1) is 12.3 Å². The fourth-order valence-electron chi connectivity index (χ4n) is 0.792. The van der Waals surface area contributed by atoms with E-state index >= 15 is 0 Å². The third kappa shape index (κ3) is 2.55. The molecule has 12 heavy (non-hydrogen) atoms. The Kier molecular flexibility index (Phi) is 3.04. The lowest BCUT2D eigenvalue weighted by Gasteiger charge is -2.02. The van der Waals surface area contributed by atoms with E-state index in [1.54, 1.807) is 12.1 Å². The monoisotopic (exact) mass is 161 g/mol. The lowest BCUT2D eigenvalue weighted by molar-refractivity contribution is 0.327. The average molecular weight is 161 g/mol. The number of hydrogen-bond donors (Lipinski definition) is 1. The molecule has 1 aromatic rings. The van der Waals surface area contributed by atoms with Gasteiger partial charge >= 0.3 is 0 Å². The molecule has 0 saturated heterocycles. The fourth-order valence-corrected chi connectivity index (χ4v) is 0.792. The molecule has 0 heterocycles. The van der Waals surface area contributed by atoms with Gasteiger partial charge in [0, 0.05) is 12.1 Å². The topological polar surface area (TPSA) is 35.2 Å². The van der Waals surface area contributed by atoms with Crippen LogP contribution in [0.2, 0.25) is 0 Å². The lowest BCUT2D eigenvalue weighted by atomic mass is 10.3. The first-order valence-corrected chi connectivity index (χ1v) is 3.75. The second-order valence-corrected chi connectivity index (χ2v) is 2.37. The molecule has 62 valence electrons. The number of benzene rings is 1. The number of hydrogen-bond acceptors (Lipinski definition) is 2. The second kappa shape index (κ2) is 4.30. The first kappa shape index (κ1) is 8.48. The molecule has 0 unspecified atom stereocenters. The molecule has 0 radical (unpaired) electrons. The van der Waals surface area contributed by atoms with E-state index in [1.165, 1.54) is 0 Å². The summed E-state index contributed by atoms with van der Waals surface area (Å²) in [6.45, 7) is 0.556. The number of anilines is 1. The molecule has 0 spiro atoms. The molecule has 2 nitrogen and oxygen atoms in total. The average Bonchev–Trinajstić information content (AvgIpc) is 2.09. The molecule has 0 aliphatic rings. The van der Waals surface area contributed by atoms with E-state index < -0.39 is 0 Å². The summed E-state index contributed by atoms with van der Waals surface area (Å²) < 4.78 is 5.30. The highest BCUT2D eigenvalue weighted by Gasteiger charge is 1.90. The molecule has 0 aliphatic heterocycles. The zero-order chi connectivity index (χ0) is 8.81. The predicted octanol–water partition coefficient (Wildman–Crippen LogP) is 1.67. The molecule has 1 aromatic carbocycles.